The predicted molar refractivity (Wildman–Crippen MR) is 102 cm³/mol. The zero-order valence-electron chi connectivity index (χ0n) is 14.3. The second kappa shape index (κ2) is 10.0. The molecule has 2 aromatic rings. The average Bonchev–Trinajstić information content (AvgIpc) is 2.59. The van der Waals surface area contributed by atoms with E-state index in [1.54, 1.807) is 11.8 Å². The third-order valence-corrected chi connectivity index (χ3v) is 4.75. The van der Waals surface area contributed by atoms with Crippen molar-refractivity contribution in [2.24, 2.45) is 0 Å². The summed E-state index contributed by atoms with van der Waals surface area (Å²) in [5.74, 6) is 1.77. The van der Waals surface area contributed by atoms with Gasteiger partial charge in [0.15, 0.2) is 0 Å². The van der Waals surface area contributed by atoms with Crippen LogP contribution in [0, 0.1) is 6.92 Å². The minimum absolute atomic E-state index is 0.0677. The van der Waals surface area contributed by atoms with E-state index in [9.17, 15) is 4.79 Å². The fraction of sp³-hybridized carbons (Fsp3) is 0.350. The van der Waals surface area contributed by atoms with Crippen molar-refractivity contribution in [2.45, 2.75) is 25.5 Å². The Bertz CT molecular complexity index is 631. The third kappa shape index (κ3) is 6.67. The average molecular weight is 343 g/mol. The van der Waals surface area contributed by atoms with Gasteiger partial charge in [-0.05, 0) is 43.5 Å². The molecule has 0 saturated carbocycles. The lowest BCUT2D eigenvalue weighted by Crippen LogP contribution is -2.32. The van der Waals surface area contributed by atoms with Crippen molar-refractivity contribution in [3.05, 3.63) is 65.7 Å². The molecular formula is C20H25NO2S. The lowest BCUT2D eigenvalue weighted by atomic mass is 10.1. The van der Waals surface area contributed by atoms with Crippen molar-refractivity contribution in [3.8, 4) is 5.75 Å². The van der Waals surface area contributed by atoms with Gasteiger partial charge in [-0.2, -0.15) is 0 Å². The molecule has 0 saturated heterocycles. The van der Waals surface area contributed by atoms with Crippen molar-refractivity contribution in [1.82, 2.24) is 5.32 Å². The van der Waals surface area contributed by atoms with Gasteiger partial charge >= 0.3 is 0 Å². The van der Waals surface area contributed by atoms with Crippen molar-refractivity contribution in [3.63, 3.8) is 0 Å². The van der Waals surface area contributed by atoms with Gasteiger partial charge < -0.3 is 10.1 Å². The van der Waals surface area contributed by atoms with Crippen LogP contribution in [0.4, 0.5) is 0 Å². The quantitative estimate of drug-likeness (QED) is 0.703. The Morgan fingerprint density at radius 2 is 1.96 bits per heavy atom. The molecule has 128 valence electrons. The van der Waals surface area contributed by atoms with Crippen LogP contribution < -0.4 is 10.1 Å². The Labute approximate surface area is 148 Å². The molecule has 0 aliphatic rings. The van der Waals surface area contributed by atoms with Gasteiger partial charge in [-0.15, -0.1) is 11.8 Å². The van der Waals surface area contributed by atoms with E-state index in [4.69, 9.17) is 4.74 Å². The fourth-order valence-electron chi connectivity index (χ4n) is 2.28. The van der Waals surface area contributed by atoms with Crippen molar-refractivity contribution >= 4 is 17.7 Å². The van der Waals surface area contributed by atoms with Crippen LogP contribution in [-0.4, -0.2) is 30.1 Å². The van der Waals surface area contributed by atoms with Gasteiger partial charge in [-0.25, -0.2) is 0 Å². The molecule has 1 atom stereocenters. The summed E-state index contributed by atoms with van der Waals surface area (Å²) in [4.78, 5) is 12.1. The molecule has 24 heavy (non-hydrogen) atoms. The number of carbonyl (C=O) groups is 1. The Hall–Kier alpha value is -1.94. The summed E-state index contributed by atoms with van der Waals surface area (Å²) in [6.45, 7) is 5.27. The van der Waals surface area contributed by atoms with Crippen LogP contribution in [0.25, 0.3) is 0 Å². The van der Waals surface area contributed by atoms with E-state index in [0.717, 1.165) is 17.9 Å². The first-order valence-electron chi connectivity index (χ1n) is 8.28. The zero-order chi connectivity index (χ0) is 17.2. The van der Waals surface area contributed by atoms with Crippen LogP contribution in [0.15, 0.2) is 54.6 Å². The normalized spacial score (nSPS) is 11.8. The second-order valence-corrected chi connectivity index (χ2v) is 7.15. The number of ether oxygens (including phenoxy) is 1. The monoisotopic (exact) mass is 343 g/mol. The van der Waals surface area contributed by atoms with E-state index in [2.05, 4.69) is 17.4 Å². The zero-order valence-corrected chi connectivity index (χ0v) is 15.1. The van der Waals surface area contributed by atoms with E-state index < -0.39 is 0 Å². The summed E-state index contributed by atoms with van der Waals surface area (Å²) in [6, 6.07) is 18.2. The van der Waals surface area contributed by atoms with Crippen LogP contribution >= 0.6 is 11.8 Å². The lowest BCUT2D eigenvalue weighted by Gasteiger charge is -2.12. The van der Waals surface area contributed by atoms with E-state index in [1.807, 2.05) is 56.3 Å². The summed E-state index contributed by atoms with van der Waals surface area (Å²) < 4.78 is 5.70. The molecule has 2 aromatic carbocycles. The van der Waals surface area contributed by atoms with Crippen molar-refractivity contribution < 1.29 is 9.53 Å². The molecule has 1 unspecified atom stereocenters. The second-order valence-electron chi connectivity index (χ2n) is 5.70. The van der Waals surface area contributed by atoms with Gasteiger partial charge in [-0.3, -0.25) is 4.79 Å². The number of hydrogen-bond donors (Lipinski definition) is 1. The summed E-state index contributed by atoms with van der Waals surface area (Å²) >= 11 is 1.62. The van der Waals surface area contributed by atoms with Gasteiger partial charge in [0.05, 0.1) is 11.9 Å². The van der Waals surface area contributed by atoms with Crippen LogP contribution in [-0.2, 0) is 11.2 Å². The lowest BCUT2D eigenvalue weighted by molar-refractivity contribution is -0.120. The molecule has 0 aliphatic heterocycles. The van der Waals surface area contributed by atoms with Gasteiger partial charge in [0.25, 0.3) is 0 Å². The highest BCUT2D eigenvalue weighted by molar-refractivity contribution is 8.00. The van der Waals surface area contributed by atoms with Crippen LogP contribution in [0.5, 0.6) is 5.75 Å². The maximum atomic E-state index is 12.1. The van der Waals surface area contributed by atoms with E-state index in [-0.39, 0.29) is 11.2 Å². The Balaban J connectivity index is 1.59. The van der Waals surface area contributed by atoms with E-state index in [1.165, 1.54) is 11.1 Å². The van der Waals surface area contributed by atoms with Gasteiger partial charge in [0.1, 0.15) is 5.75 Å². The SMILES string of the molecule is Cc1cccc(OCCSC(C)C(=O)NCCc2ccccc2)c1. The predicted octanol–water partition coefficient (Wildman–Crippen LogP) is 3.85. The molecule has 0 fully saturated rings. The smallest absolute Gasteiger partial charge is 0.232 e. The standard InChI is InChI=1S/C20H25NO2S/c1-16-7-6-10-19(15-16)23-13-14-24-17(2)20(22)21-12-11-18-8-4-3-5-9-18/h3-10,15,17H,11-14H2,1-2H3,(H,21,22). The minimum Gasteiger partial charge on any atom is -0.493 e. The van der Waals surface area contributed by atoms with Gasteiger partial charge in [-0.1, -0.05) is 42.5 Å². The Morgan fingerprint density at radius 1 is 1.17 bits per heavy atom. The van der Waals surface area contributed by atoms with Gasteiger partial charge in [0.2, 0.25) is 5.91 Å². The molecule has 0 heterocycles. The topological polar surface area (TPSA) is 38.3 Å². The molecule has 0 aromatic heterocycles. The molecule has 4 heteroatoms. The highest BCUT2D eigenvalue weighted by Gasteiger charge is 2.12. The molecule has 1 amide bonds. The molecule has 0 radical (unpaired) electrons. The van der Waals surface area contributed by atoms with E-state index >= 15 is 0 Å². The largest absolute Gasteiger partial charge is 0.493 e. The minimum atomic E-state index is -0.0677. The maximum absolute atomic E-state index is 12.1. The number of benzene rings is 2. The number of thioether (sulfide) groups is 1. The molecular weight excluding hydrogens is 318 g/mol. The molecule has 1 N–H and O–H groups in total. The molecule has 3 nitrogen and oxygen atoms in total. The maximum Gasteiger partial charge on any atom is 0.232 e. The van der Waals surface area contributed by atoms with Gasteiger partial charge in [0, 0.05) is 12.3 Å². The molecule has 2 rings (SSSR count). The number of rotatable bonds is 9. The molecule has 0 aliphatic carbocycles. The first-order chi connectivity index (χ1) is 11.6. The summed E-state index contributed by atoms with van der Waals surface area (Å²) in [6.07, 6.45) is 0.862. The number of hydrogen-bond acceptors (Lipinski definition) is 3. The molecule has 0 bridgehead atoms. The molecule has 0 spiro atoms. The highest BCUT2D eigenvalue weighted by atomic mass is 32.2. The van der Waals surface area contributed by atoms with Crippen molar-refractivity contribution in [1.29, 1.82) is 0 Å². The van der Waals surface area contributed by atoms with Crippen LogP contribution in [0.1, 0.15) is 18.1 Å². The summed E-state index contributed by atoms with van der Waals surface area (Å²) in [7, 11) is 0. The Morgan fingerprint density at radius 3 is 2.71 bits per heavy atom. The third-order valence-electron chi connectivity index (χ3n) is 3.63. The van der Waals surface area contributed by atoms with Crippen LogP contribution in [0.2, 0.25) is 0 Å². The van der Waals surface area contributed by atoms with E-state index in [0.29, 0.717) is 13.2 Å². The number of amides is 1. The number of aryl methyl sites for hydroxylation is 1. The van der Waals surface area contributed by atoms with Crippen molar-refractivity contribution in [2.75, 3.05) is 18.9 Å². The number of carbonyl (C=O) groups excluding carboxylic acids is 1. The fourth-order valence-corrected chi connectivity index (χ4v) is 3.05. The van der Waals surface area contributed by atoms with Crippen LogP contribution in [0.3, 0.4) is 0 Å². The number of nitrogens with one attached hydrogen (secondary N) is 1. The summed E-state index contributed by atoms with van der Waals surface area (Å²) in [5, 5.41) is 2.93. The first kappa shape index (κ1) is 18.4. The first-order valence-corrected chi connectivity index (χ1v) is 9.33. The summed E-state index contributed by atoms with van der Waals surface area (Å²) in [5.41, 5.74) is 2.43. The highest BCUT2D eigenvalue weighted by Crippen LogP contribution is 2.14. The Kier molecular flexibility index (Phi) is 7.69.